The number of nitrogens with zero attached hydrogens (tertiary/aromatic N) is 8. The normalized spacial score (nSPS) is 20.0. The van der Waals surface area contributed by atoms with E-state index in [1.807, 2.05) is 0 Å². The lowest BCUT2D eigenvalue weighted by molar-refractivity contribution is -0.138. The number of likely N-dealkylation sites (N-methyl/N-ethyl adjacent to an activating group) is 2. The highest BCUT2D eigenvalue weighted by Gasteiger charge is 2.33. The first kappa shape index (κ1) is 46.3. The van der Waals surface area contributed by atoms with Crippen molar-refractivity contribution in [2.45, 2.75) is 134 Å². The molecule has 0 spiro atoms. The second kappa shape index (κ2) is 32.9. The fourth-order valence-electron chi connectivity index (χ4n) is 9.62. The van der Waals surface area contributed by atoms with Crippen LogP contribution in [0.3, 0.4) is 0 Å². The third-order valence-electron chi connectivity index (χ3n) is 14.8. The Bertz CT molecular complexity index is 5300. The monoisotopic (exact) mass is 1380 g/mol. The van der Waals surface area contributed by atoms with Crippen LogP contribution >= 0.6 is 23.5 Å². The Labute approximate surface area is 597 Å². The summed E-state index contributed by atoms with van der Waals surface area (Å²) in [5.41, 5.74) is -7.84. The van der Waals surface area contributed by atoms with Gasteiger partial charge in [0.2, 0.25) is 11.8 Å². The second-order valence-corrected chi connectivity index (χ2v) is 23.3. The van der Waals surface area contributed by atoms with Crippen LogP contribution in [0.4, 0.5) is 35.1 Å². The van der Waals surface area contributed by atoms with Crippen molar-refractivity contribution in [2.75, 3.05) is 52.2 Å². The number of carbonyl (C=O) groups excluding carboxylic acids is 2. The number of amides is 2. The van der Waals surface area contributed by atoms with Crippen LogP contribution in [0.25, 0.3) is 22.3 Å². The maximum absolute atomic E-state index is 14.9. The number of carbonyl (C=O) groups is 2. The Hall–Kier alpha value is -7.92. The Morgan fingerprint density at radius 3 is 1.53 bits per heavy atom. The molecule has 1 unspecified atom stereocenters. The van der Waals surface area contributed by atoms with Gasteiger partial charge in [-0.1, -0.05) is 149 Å². The largest absolute Gasteiger partial charge is 0.416 e. The van der Waals surface area contributed by atoms with Crippen molar-refractivity contribution in [1.82, 2.24) is 38.7 Å². The fourth-order valence-corrected chi connectivity index (χ4v) is 11.5. The molecule has 22 heteroatoms. The lowest BCUT2D eigenvalue weighted by Gasteiger charge is -2.28. The highest BCUT2D eigenvalue weighted by molar-refractivity contribution is 7.98. The van der Waals surface area contributed by atoms with Crippen LogP contribution in [0.5, 0.6) is 0 Å². The number of alkyl halides is 6. The molecule has 0 aliphatic heterocycles. The van der Waals surface area contributed by atoms with Gasteiger partial charge in [0.05, 0.1) is 31.7 Å². The molecule has 0 saturated carbocycles. The molecule has 1 atom stereocenters. The van der Waals surface area contributed by atoms with Gasteiger partial charge in [-0.05, 0) is 170 Å². The molecule has 0 N–H and O–H groups in total. The Balaban J connectivity index is 0.000000273. The molecule has 10 rings (SSSR count). The van der Waals surface area contributed by atoms with Gasteiger partial charge in [0.25, 0.3) is 11.1 Å². The number of aromatic nitrogens is 4. The summed E-state index contributed by atoms with van der Waals surface area (Å²) in [6.07, 6.45) is -14.9. The van der Waals surface area contributed by atoms with Crippen LogP contribution < -0.4 is 11.1 Å². The molecular weight excluding hydrogens is 1280 g/mol. The summed E-state index contributed by atoms with van der Waals surface area (Å²) in [4.78, 5) is 66.4. The van der Waals surface area contributed by atoms with Gasteiger partial charge in [-0.25, -0.2) is 8.78 Å². The zero-order chi connectivity index (χ0) is 90.2. The molecular formula is C74H80F8N8O4S2. The molecule has 8 aromatic rings. The number of fused-ring (bicyclic) bond motifs is 2. The predicted octanol–water partition coefficient (Wildman–Crippen LogP) is 15.0. The minimum Gasteiger partial charge on any atom is -0.336 e. The summed E-state index contributed by atoms with van der Waals surface area (Å²) in [5.74, 6) is -6.62. The van der Waals surface area contributed by atoms with Gasteiger partial charge in [-0.15, -0.1) is 0 Å². The van der Waals surface area contributed by atoms with Crippen molar-refractivity contribution in [3.05, 3.63) is 233 Å². The molecule has 2 aliphatic carbocycles. The smallest absolute Gasteiger partial charge is 0.336 e. The van der Waals surface area contributed by atoms with Crippen LogP contribution in [-0.4, -0.2) is 103 Å². The van der Waals surface area contributed by atoms with Crippen LogP contribution in [0, 0.1) is 24.5 Å². The SMILES string of the molecule is [2H]C([2H])(c1ccc(-c2ccc(C(F)(F)F)cc2)cc1)N(C(=O)Cn1c(SCc2ccc(F)cc2)nc(=O)c2c1C([2H])([2H])C([2H])(C)C2([2H])[2H])C([2H])([2H])C([2H])([2H])N(CC)CC.[2H]c1c([2H])c(C(F)(F)F)c([2H])c([2H])c1-c1c([2H])c([2H])c(C([2H])([2H])N(C(=O)Cn2c(SCc3ccc(F)cc3)nc(=O)c3c2CCC3)C([2H])([2H])C([2H])([2H])N(CC)CC)c(C)c1[2H]. The van der Waals surface area contributed by atoms with Gasteiger partial charge >= 0.3 is 12.4 Å². The topological polar surface area (TPSA) is 117 Å². The third kappa shape index (κ3) is 19.0. The molecule has 0 saturated heterocycles. The first-order valence-electron chi connectivity index (χ1n) is 42.0. The summed E-state index contributed by atoms with van der Waals surface area (Å²) < 4.78 is 324. The van der Waals surface area contributed by atoms with Crippen LogP contribution in [0.15, 0.2) is 159 Å². The number of benzene rings is 6. The molecule has 2 amide bonds. The number of thioether (sulfide) groups is 2. The molecule has 508 valence electrons. The molecule has 0 fully saturated rings. The van der Waals surface area contributed by atoms with Gasteiger partial charge in [-0.2, -0.15) is 36.3 Å². The molecule has 2 aliphatic rings. The summed E-state index contributed by atoms with van der Waals surface area (Å²) in [6.45, 7) is -15.0. The first-order chi connectivity index (χ1) is 55.3. The number of hydrogen-bond donors (Lipinski definition) is 0. The maximum Gasteiger partial charge on any atom is 0.416 e. The van der Waals surface area contributed by atoms with Gasteiger partial charge in [0.1, 0.15) is 24.7 Å². The van der Waals surface area contributed by atoms with Crippen LogP contribution in [0.1, 0.15) is 135 Å². The lowest BCUT2D eigenvalue weighted by Crippen LogP contribution is -2.40. The van der Waals surface area contributed by atoms with Crippen molar-refractivity contribution < 1.29 is 77.6 Å². The van der Waals surface area contributed by atoms with Gasteiger partial charge in [0, 0.05) is 85.3 Å². The Morgan fingerprint density at radius 1 is 0.573 bits per heavy atom. The average molecular weight is 1390 g/mol. The van der Waals surface area contributed by atoms with Gasteiger partial charge in [0.15, 0.2) is 10.3 Å². The van der Waals surface area contributed by atoms with E-state index in [4.69, 9.17) is 21.9 Å². The Kier molecular flexibility index (Phi) is 15.9. The minimum atomic E-state index is -5.33. The summed E-state index contributed by atoms with van der Waals surface area (Å²) >= 11 is 1.72. The van der Waals surface area contributed by atoms with Gasteiger partial charge < -0.3 is 28.7 Å². The first-order valence-corrected chi connectivity index (χ1v) is 32.0. The molecule has 0 radical (unpaired) electrons. The van der Waals surface area contributed by atoms with Crippen molar-refractivity contribution in [3.8, 4) is 22.3 Å². The molecule has 96 heavy (non-hydrogen) atoms. The fraction of sp³-hybridized carbons (Fsp3) is 0.378. The number of rotatable bonds is 26. The van der Waals surface area contributed by atoms with Crippen LogP contribution in [-0.2, 0) is 85.1 Å². The quantitative estimate of drug-likeness (QED) is 0.0295. The number of hydrogen-bond acceptors (Lipinski definition) is 10. The van der Waals surface area contributed by atoms with Crippen molar-refractivity contribution in [3.63, 3.8) is 0 Å². The zero-order valence-electron chi connectivity index (χ0n) is 76.6. The van der Waals surface area contributed by atoms with E-state index in [1.54, 1.807) is 0 Å². The van der Waals surface area contributed by atoms with Crippen molar-refractivity contribution >= 4 is 35.3 Å². The van der Waals surface area contributed by atoms with Crippen LogP contribution in [0.2, 0.25) is 0 Å². The van der Waals surface area contributed by atoms with E-state index in [-0.39, 0.29) is 76.6 Å². The third-order valence-corrected chi connectivity index (χ3v) is 16.9. The number of halogens is 8. The molecule has 0 bridgehead atoms. The molecule has 6 aromatic carbocycles. The summed E-state index contributed by atoms with van der Waals surface area (Å²) in [5, 5.41) is -0.450. The van der Waals surface area contributed by atoms with E-state index >= 15 is 0 Å². The van der Waals surface area contributed by atoms with E-state index in [0.29, 0.717) is 34.4 Å². The highest BCUT2D eigenvalue weighted by atomic mass is 32.2. The van der Waals surface area contributed by atoms with E-state index in [2.05, 4.69) is 9.97 Å². The second-order valence-electron chi connectivity index (χ2n) is 21.4. The van der Waals surface area contributed by atoms with E-state index in [9.17, 15) is 65.3 Å². The molecule has 2 aromatic heterocycles. The average Bonchev–Trinajstić information content (AvgIpc) is 1.45. The standard InChI is InChI=1S/2C37H40F4N4O2S/c1-4-43(5-2)18-19-44(22-26-6-10-28(11-7-26)29-12-14-30(15-13-29)37(39,40)41)34(46)23-45-33-21-25(3)20-32(33)35(47)42-36(45)48-24-27-8-16-31(38)17-9-27;1-4-43(5-2)19-20-44(22-29-12-11-28(21-25(29)3)27-13-15-30(16-14-27)37(39,40)41)34(46)23-45-33-8-6-7-32(33)35(47)42-36(45)48-24-26-9-17-31(38)18-10-26/h6-17,25H,4-5,18-24H2,1-3H3;9-18,21H,4-8,19-20,22-24H2,1-3H3/i18D2,19D2,20D2,21D2,22D2,25D;11D,12D,13D,14D,15D,16D,19D2,20D2,21D,22D2. The Morgan fingerprint density at radius 2 is 1.03 bits per heavy atom. The van der Waals surface area contributed by atoms with E-state index in [1.165, 1.54) is 92.9 Å². The molecule has 12 nitrogen and oxygen atoms in total. The minimum absolute atomic E-state index is 0.0173. The maximum atomic E-state index is 14.9. The molecule has 2 heterocycles. The highest BCUT2D eigenvalue weighted by Crippen LogP contribution is 2.35. The lowest BCUT2D eigenvalue weighted by atomic mass is 9.98. The van der Waals surface area contributed by atoms with Gasteiger partial charge in [-0.3, -0.25) is 19.2 Å². The summed E-state index contributed by atoms with van der Waals surface area (Å²) in [6, 6.07) is 10.6. The van der Waals surface area contributed by atoms with E-state index < -0.39 is 210 Å². The summed E-state index contributed by atoms with van der Waals surface area (Å²) in [7, 11) is 0. The predicted molar refractivity (Wildman–Crippen MR) is 362 cm³/mol. The van der Waals surface area contributed by atoms with E-state index in [0.717, 1.165) is 88.1 Å². The zero-order valence-corrected chi connectivity index (χ0v) is 54.2. The van der Waals surface area contributed by atoms with Crippen molar-refractivity contribution in [2.24, 2.45) is 5.89 Å². The van der Waals surface area contributed by atoms with Crippen molar-refractivity contribution in [1.29, 1.82) is 0 Å².